The molecule has 184 valence electrons. The molecule has 0 aromatic heterocycles. The summed E-state index contributed by atoms with van der Waals surface area (Å²) in [6, 6.07) is 0. The van der Waals surface area contributed by atoms with Gasteiger partial charge in [-0.3, -0.25) is 24.3 Å². The van der Waals surface area contributed by atoms with Crippen LogP contribution in [0.3, 0.4) is 0 Å². The van der Waals surface area contributed by atoms with E-state index < -0.39 is 0 Å². The maximum atomic E-state index is 3.12. The molecule has 4 rings (SSSR count). The summed E-state index contributed by atoms with van der Waals surface area (Å²) < 4.78 is 0. The smallest absolute Gasteiger partial charge is 1.00 e. The average molecular weight is 599 g/mol. The van der Waals surface area contributed by atoms with Gasteiger partial charge >= 0.3 is 76.9 Å². The summed E-state index contributed by atoms with van der Waals surface area (Å²) >= 11 is 4.54. The van der Waals surface area contributed by atoms with E-state index in [-0.39, 0.29) is 37.2 Å². The first kappa shape index (κ1) is 41.5. The summed E-state index contributed by atoms with van der Waals surface area (Å²) in [6.45, 7) is 17.3. The fraction of sp³-hybridized carbons (Fsp3) is 0.429. The molecule has 0 unspecified atom stereocenters. The first-order valence-electron chi connectivity index (χ1n) is 11.0. The van der Waals surface area contributed by atoms with Gasteiger partial charge in [0.1, 0.15) is 0 Å². The maximum Gasteiger partial charge on any atom is -1.00 e. The van der Waals surface area contributed by atoms with Crippen LogP contribution in [0.5, 0.6) is 0 Å². The largest absolute Gasteiger partial charge is 1.00 e. The zero-order valence-electron chi connectivity index (χ0n) is 22.2. The summed E-state index contributed by atoms with van der Waals surface area (Å²) in [5.41, 5.74) is 5.09. The van der Waals surface area contributed by atoms with Crippen LogP contribution in [0.25, 0.3) is 0 Å². The van der Waals surface area contributed by atoms with Crippen molar-refractivity contribution < 1.29 is 63.2 Å². The summed E-state index contributed by atoms with van der Waals surface area (Å²) in [4.78, 5) is 0. The first-order chi connectivity index (χ1) is 15.0. The molecule has 0 aliphatic heterocycles. The van der Waals surface area contributed by atoms with E-state index in [0.717, 1.165) is 25.7 Å². The van der Waals surface area contributed by atoms with Crippen LogP contribution in [0.4, 0.5) is 0 Å². The fourth-order valence-electron chi connectivity index (χ4n) is 2.06. The minimum atomic E-state index is 0. The van der Waals surface area contributed by atoms with Crippen molar-refractivity contribution in [2.45, 2.75) is 79.6 Å². The summed E-state index contributed by atoms with van der Waals surface area (Å²) in [7, 11) is 0. The Morgan fingerprint density at radius 1 is 0.500 bits per heavy atom. The number of hydrogen-bond acceptors (Lipinski definition) is 0. The Balaban J connectivity index is -0.000000159. The van der Waals surface area contributed by atoms with Gasteiger partial charge in [0.25, 0.3) is 0 Å². The van der Waals surface area contributed by atoms with Crippen molar-refractivity contribution in [2.75, 3.05) is 0 Å². The van der Waals surface area contributed by atoms with Crippen LogP contribution in [0.1, 0.15) is 53.4 Å². The second-order valence-corrected chi connectivity index (χ2v) is 21.2. The van der Waals surface area contributed by atoms with E-state index in [1.165, 1.54) is 22.3 Å². The Kier molecular flexibility index (Phi) is 36.1. The normalized spacial score (nSPS) is 14.7. The molecule has 0 fully saturated rings. The average Bonchev–Trinajstić information content (AvgIpc) is 3.47. The molecule has 0 nitrogen and oxygen atoms in total. The Morgan fingerprint density at radius 2 is 0.647 bits per heavy atom. The summed E-state index contributed by atoms with van der Waals surface area (Å²) in [6.07, 6.45) is 33.6. The molecule has 0 heterocycles. The van der Waals surface area contributed by atoms with Crippen LogP contribution >= 0.6 is 0 Å². The van der Waals surface area contributed by atoms with Gasteiger partial charge in [0, 0.05) is 0 Å². The topological polar surface area (TPSA) is 0 Å². The molecule has 34 heavy (non-hydrogen) atoms. The molecule has 0 bridgehead atoms. The molecular weight excluding hydrogens is 559 g/mol. The molecule has 0 amide bonds. The van der Waals surface area contributed by atoms with Gasteiger partial charge in [0.15, 0.2) is 0 Å². The van der Waals surface area contributed by atoms with E-state index in [4.69, 9.17) is 0 Å². The fourth-order valence-corrected chi connectivity index (χ4v) is 2.06. The Morgan fingerprint density at radius 3 is 0.676 bits per heavy atom. The summed E-state index contributed by atoms with van der Waals surface area (Å²) in [5.74, 6) is 0. The maximum absolute atomic E-state index is 3.12. The number of rotatable bonds is 0. The van der Waals surface area contributed by atoms with Gasteiger partial charge in [-0.25, -0.2) is 46.6 Å². The van der Waals surface area contributed by atoms with E-state index in [9.17, 15) is 0 Å². The molecular formula is C28H40Cl2Si2Ti2-2. The number of hydrogen-bond donors (Lipinski definition) is 0. The van der Waals surface area contributed by atoms with Crippen molar-refractivity contribution in [3.8, 4) is 0 Å². The molecule has 0 aromatic rings. The predicted molar refractivity (Wildman–Crippen MR) is 140 cm³/mol. The Labute approximate surface area is 248 Å². The molecule has 4 aliphatic rings. The van der Waals surface area contributed by atoms with Gasteiger partial charge in [-0.2, -0.15) is 24.3 Å². The van der Waals surface area contributed by atoms with E-state index in [1.54, 1.807) is 0 Å². The molecule has 0 aromatic carbocycles. The standard InChI is InChI=1S/4C6H7.2C2H6Si.2ClH.2Ti/c4*1-6-4-2-3-5-6;2*1-3-2;;;;/h4*2,4H,3H2,1H3;2*1-2H3;2*1H;;/q4*-1;;;;;2*+2/p-2. The molecule has 0 saturated heterocycles. The van der Waals surface area contributed by atoms with Crippen molar-refractivity contribution in [1.29, 1.82) is 0 Å². The second kappa shape index (κ2) is 29.6. The zero-order valence-corrected chi connectivity index (χ0v) is 28.8. The van der Waals surface area contributed by atoms with E-state index in [1.807, 2.05) is 0 Å². The number of halogens is 2. The number of allylic oxidation sites excluding steroid dienone is 16. The van der Waals surface area contributed by atoms with Gasteiger partial charge in [0.2, 0.25) is 0 Å². The SMILES string of the molecule is CC1=[C-]CC=C1.CC1=[C-]CC=C1.CC1=[C-]CC=C1.CC1=[C-]CC=C1.C[Si](C)=[Ti+2].C[Si](C)=[Ti+2].[Cl-].[Cl-]. The molecule has 0 radical (unpaired) electrons. The van der Waals surface area contributed by atoms with Crippen LogP contribution in [-0.2, 0) is 38.3 Å². The molecule has 0 atom stereocenters. The molecule has 0 N–H and O–H groups in total. The minimum Gasteiger partial charge on any atom is -1.00 e. The Hall–Kier alpha value is 0.362. The van der Waals surface area contributed by atoms with Crippen LogP contribution in [0.15, 0.2) is 70.9 Å². The van der Waals surface area contributed by atoms with E-state index in [0.29, 0.717) is 0 Å². The summed E-state index contributed by atoms with van der Waals surface area (Å²) in [5, 5.41) is 0. The van der Waals surface area contributed by atoms with Crippen LogP contribution in [-0.4, -0.2) is 12.4 Å². The van der Waals surface area contributed by atoms with E-state index in [2.05, 4.69) is 165 Å². The van der Waals surface area contributed by atoms with Crippen molar-refractivity contribution in [2.24, 2.45) is 0 Å². The molecule has 0 saturated carbocycles. The third kappa shape index (κ3) is 39.6. The van der Waals surface area contributed by atoms with Crippen molar-refractivity contribution in [3.05, 3.63) is 95.2 Å². The van der Waals surface area contributed by atoms with Crippen molar-refractivity contribution in [3.63, 3.8) is 0 Å². The predicted octanol–water partition coefficient (Wildman–Crippen LogP) is 2.36. The zero-order chi connectivity index (χ0) is 24.8. The van der Waals surface area contributed by atoms with Gasteiger partial charge in [-0.1, -0.05) is 27.7 Å². The molecule has 0 spiro atoms. The quantitative estimate of drug-likeness (QED) is 0.297. The minimum absolute atomic E-state index is 0. The van der Waals surface area contributed by atoms with Crippen molar-refractivity contribution in [1.82, 2.24) is 0 Å². The van der Waals surface area contributed by atoms with E-state index >= 15 is 0 Å². The Bertz CT molecular complexity index is 669. The monoisotopic (exact) mass is 598 g/mol. The van der Waals surface area contributed by atoms with Crippen LogP contribution in [0, 0.1) is 24.3 Å². The van der Waals surface area contributed by atoms with Crippen molar-refractivity contribution >= 4 is 12.4 Å². The molecule has 4 aliphatic carbocycles. The van der Waals surface area contributed by atoms with Gasteiger partial charge in [0.05, 0.1) is 0 Å². The van der Waals surface area contributed by atoms with Gasteiger partial charge in [-0.15, -0.1) is 25.7 Å². The first-order valence-corrected chi connectivity index (χ1v) is 20.7. The van der Waals surface area contributed by atoms with Crippen LogP contribution in [0.2, 0.25) is 26.2 Å². The second-order valence-electron chi connectivity index (χ2n) is 7.87. The third-order valence-electron chi connectivity index (χ3n) is 3.47. The third-order valence-corrected chi connectivity index (χ3v) is 3.47. The van der Waals surface area contributed by atoms with Gasteiger partial charge < -0.3 is 24.8 Å². The molecule has 6 heteroatoms. The van der Waals surface area contributed by atoms with Crippen LogP contribution < -0.4 is 24.8 Å². The van der Waals surface area contributed by atoms with Gasteiger partial charge in [-0.05, 0) is 0 Å².